The van der Waals surface area contributed by atoms with E-state index in [9.17, 15) is 10.1 Å². The molecule has 0 aromatic heterocycles. The summed E-state index contributed by atoms with van der Waals surface area (Å²) >= 11 is 0. The van der Waals surface area contributed by atoms with E-state index in [0.717, 1.165) is 31.0 Å². The number of hydrogen-bond acceptors (Lipinski definition) is 4. The molecule has 2 rings (SSSR count). The van der Waals surface area contributed by atoms with Crippen molar-refractivity contribution in [3.63, 3.8) is 0 Å². The van der Waals surface area contributed by atoms with Crippen LogP contribution in [0.5, 0.6) is 0 Å². The van der Waals surface area contributed by atoms with Crippen molar-refractivity contribution in [1.29, 1.82) is 0 Å². The van der Waals surface area contributed by atoms with Gasteiger partial charge in [0.25, 0.3) is 5.69 Å². The van der Waals surface area contributed by atoms with Crippen molar-refractivity contribution in [1.82, 2.24) is 0 Å². The summed E-state index contributed by atoms with van der Waals surface area (Å²) in [5.41, 5.74) is 1.95. The summed E-state index contributed by atoms with van der Waals surface area (Å²) < 4.78 is 0. The van der Waals surface area contributed by atoms with Crippen LogP contribution in [-0.4, -0.2) is 24.6 Å². The second kappa shape index (κ2) is 5.91. The largest absolute Gasteiger partial charge is 0.385 e. The van der Waals surface area contributed by atoms with Crippen molar-refractivity contribution in [2.75, 3.05) is 29.9 Å². The zero-order valence-electron chi connectivity index (χ0n) is 11.6. The maximum absolute atomic E-state index is 11.0. The number of non-ortho nitro benzene ring substituents is 1. The van der Waals surface area contributed by atoms with E-state index in [-0.39, 0.29) is 10.6 Å². The van der Waals surface area contributed by atoms with Gasteiger partial charge in [-0.15, -0.1) is 0 Å². The van der Waals surface area contributed by atoms with Crippen molar-refractivity contribution in [2.24, 2.45) is 5.92 Å². The summed E-state index contributed by atoms with van der Waals surface area (Å²) in [5.74, 6) is 0.710. The Morgan fingerprint density at radius 1 is 1.42 bits per heavy atom. The molecule has 1 aliphatic rings. The Morgan fingerprint density at radius 2 is 2.21 bits per heavy atom. The number of benzene rings is 1. The van der Waals surface area contributed by atoms with Crippen LogP contribution in [-0.2, 0) is 0 Å². The van der Waals surface area contributed by atoms with E-state index in [0.29, 0.717) is 5.92 Å². The fraction of sp³-hybridized carbons (Fsp3) is 0.571. The maximum Gasteiger partial charge on any atom is 0.273 e. The van der Waals surface area contributed by atoms with Crippen LogP contribution in [0.25, 0.3) is 0 Å². The number of anilines is 2. The molecule has 1 heterocycles. The van der Waals surface area contributed by atoms with Crippen molar-refractivity contribution in [3.05, 3.63) is 28.3 Å². The standard InChI is InChI=1S/C14H21N3O2/c1-3-11-5-6-16(10-11)13-7-12(15-4-2)8-14(9-13)17(18)19/h7-9,11,15H,3-6,10H2,1-2H3. The first kappa shape index (κ1) is 13.6. The lowest BCUT2D eigenvalue weighted by Crippen LogP contribution is -2.19. The molecule has 1 aliphatic heterocycles. The first-order valence-electron chi connectivity index (χ1n) is 6.92. The molecule has 1 aromatic rings. The number of nitrogens with zero attached hydrogens (tertiary/aromatic N) is 2. The maximum atomic E-state index is 11.0. The molecule has 1 unspecified atom stereocenters. The van der Waals surface area contributed by atoms with E-state index in [4.69, 9.17) is 0 Å². The minimum Gasteiger partial charge on any atom is -0.385 e. The van der Waals surface area contributed by atoms with Gasteiger partial charge in [-0.05, 0) is 25.3 Å². The van der Waals surface area contributed by atoms with Crippen LogP contribution in [0.1, 0.15) is 26.7 Å². The summed E-state index contributed by atoms with van der Waals surface area (Å²) in [6.07, 6.45) is 2.35. The van der Waals surface area contributed by atoms with Gasteiger partial charge in [-0.2, -0.15) is 0 Å². The quantitative estimate of drug-likeness (QED) is 0.654. The number of nitro groups is 1. The Bertz CT molecular complexity index is 462. The number of rotatable bonds is 5. The molecule has 1 saturated heterocycles. The molecular formula is C14H21N3O2. The Kier molecular flexibility index (Phi) is 4.24. The first-order chi connectivity index (χ1) is 9.13. The Morgan fingerprint density at radius 3 is 2.79 bits per heavy atom. The van der Waals surface area contributed by atoms with Gasteiger partial charge in [-0.1, -0.05) is 13.3 Å². The normalized spacial score (nSPS) is 18.6. The summed E-state index contributed by atoms with van der Waals surface area (Å²) in [6.45, 7) is 6.94. The van der Waals surface area contributed by atoms with E-state index < -0.39 is 0 Å². The molecule has 19 heavy (non-hydrogen) atoms. The zero-order valence-corrected chi connectivity index (χ0v) is 11.6. The molecule has 0 spiro atoms. The fourth-order valence-electron chi connectivity index (χ4n) is 2.59. The van der Waals surface area contributed by atoms with E-state index in [1.807, 2.05) is 13.0 Å². The van der Waals surface area contributed by atoms with E-state index >= 15 is 0 Å². The lowest BCUT2D eigenvalue weighted by atomic mass is 10.1. The summed E-state index contributed by atoms with van der Waals surface area (Å²) in [4.78, 5) is 12.9. The van der Waals surface area contributed by atoms with Gasteiger partial charge in [-0.3, -0.25) is 10.1 Å². The average molecular weight is 263 g/mol. The highest BCUT2D eigenvalue weighted by Crippen LogP contribution is 2.31. The van der Waals surface area contributed by atoms with E-state index in [2.05, 4.69) is 17.1 Å². The number of nitrogens with one attached hydrogen (secondary N) is 1. The molecule has 1 aromatic carbocycles. The van der Waals surface area contributed by atoms with Crippen LogP contribution in [0.3, 0.4) is 0 Å². The highest BCUT2D eigenvalue weighted by molar-refractivity contribution is 5.64. The third-order valence-electron chi connectivity index (χ3n) is 3.72. The molecule has 0 amide bonds. The van der Waals surface area contributed by atoms with Crippen LogP contribution < -0.4 is 10.2 Å². The Hall–Kier alpha value is -1.78. The number of hydrogen-bond donors (Lipinski definition) is 1. The van der Waals surface area contributed by atoms with Crippen LogP contribution >= 0.6 is 0 Å². The minimum atomic E-state index is -0.322. The van der Waals surface area contributed by atoms with E-state index in [1.54, 1.807) is 12.1 Å². The predicted molar refractivity (Wildman–Crippen MR) is 77.9 cm³/mol. The summed E-state index contributed by atoms with van der Waals surface area (Å²) in [7, 11) is 0. The van der Waals surface area contributed by atoms with Crippen LogP contribution in [0, 0.1) is 16.0 Å². The van der Waals surface area contributed by atoms with Crippen LogP contribution in [0.4, 0.5) is 17.1 Å². The topological polar surface area (TPSA) is 58.4 Å². The minimum absolute atomic E-state index is 0.161. The zero-order chi connectivity index (χ0) is 13.8. The van der Waals surface area contributed by atoms with Crippen LogP contribution in [0.2, 0.25) is 0 Å². The third kappa shape index (κ3) is 3.16. The molecule has 1 fully saturated rings. The van der Waals surface area contributed by atoms with Gasteiger partial charge in [0.2, 0.25) is 0 Å². The summed E-state index contributed by atoms with van der Waals surface area (Å²) in [6, 6.07) is 5.29. The van der Waals surface area contributed by atoms with Gasteiger partial charge < -0.3 is 10.2 Å². The lowest BCUT2D eigenvalue weighted by molar-refractivity contribution is -0.384. The molecular weight excluding hydrogens is 242 g/mol. The smallest absolute Gasteiger partial charge is 0.273 e. The van der Waals surface area contributed by atoms with Gasteiger partial charge in [0.05, 0.1) is 4.92 Å². The molecule has 0 aliphatic carbocycles. The van der Waals surface area contributed by atoms with E-state index in [1.165, 1.54) is 12.8 Å². The van der Waals surface area contributed by atoms with Gasteiger partial charge >= 0.3 is 0 Å². The van der Waals surface area contributed by atoms with Gasteiger partial charge in [0.1, 0.15) is 0 Å². The molecule has 0 saturated carbocycles. The molecule has 0 radical (unpaired) electrons. The predicted octanol–water partition coefficient (Wildman–Crippen LogP) is 3.26. The molecule has 1 atom stereocenters. The molecule has 104 valence electrons. The van der Waals surface area contributed by atoms with Crippen molar-refractivity contribution < 1.29 is 4.92 Å². The van der Waals surface area contributed by atoms with Crippen molar-refractivity contribution in [3.8, 4) is 0 Å². The fourth-order valence-corrected chi connectivity index (χ4v) is 2.59. The molecule has 5 nitrogen and oxygen atoms in total. The number of nitro benzene ring substituents is 1. The highest BCUT2D eigenvalue weighted by Gasteiger charge is 2.23. The lowest BCUT2D eigenvalue weighted by Gasteiger charge is -2.19. The van der Waals surface area contributed by atoms with Crippen molar-refractivity contribution in [2.45, 2.75) is 26.7 Å². The SMILES string of the molecule is CCNc1cc(N2CCC(CC)C2)cc([N+](=O)[O-])c1. The molecule has 1 N–H and O–H groups in total. The van der Waals surface area contributed by atoms with Gasteiger partial charge in [0.15, 0.2) is 0 Å². The first-order valence-corrected chi connectivity index (χ1v) is 6.92. The van der Waals surface area contributed by atoms with Crippen molar-refractivity contribution >= 4 is 17.1 Å². The average Bonchev–Trinajstić information content (AvgIpc) is 2.87. The van der Waals surface area contributed by atoms with Crippen LogP contribution in [0.15, 0.2) is 18.2 Å². The highest BCUT2D eigenvalue weighted by atomic mass is 16.6. The van der Waals surface area contributed by atoms with Gasteiger partial charge in [0, 0.05) is 43.1 Å². The second-order valence-electron chi connectivity index (χ2n) is 5.03. The molecule has 0 bridgehead atoms. The summed E-state index contributed by atoms with van der Waals surface area (Å²) in [5, 5.41) is 14.2. The molecule has 5 heteroatoms. The second-order valence-corrected chi connectivity index (χ2v) is 5.03. The third-order valence-corrected chi connectivity index (χ3v) is 3.72. The Balaban J connectivity index is 2.26. The van der Waals surface area contributed by atoms with Gasteiger partial charge in [-0.25, -0.2) is 0 Å². The monoisotopic (exact) mass is 263 g/mol. The Labute approximate surface area is 113 Å².